The lowest BCUT2D eigenvalue weighted by atomic mass is 10.1. The van der Waals surface area contributed by atoms with Gasteiger partial charge in [0.2, 0.25) is 11.8 Å². The Labute approximate surface area is 134 Å². The molecule has 2 amide bonds. The Morgan fingerprint density at radius 1 is 1.00 bits per heavy atom. The first-order valence-corrected chi connectivity index (χ1v) is 7.82. The topological polar surface area (TPSA) is 72.2 Å². The van der Waals surface area contributed by atoms with Crippen LogP contribution in [0.3, 0.4) is 0 Å². The number of thioether (sulfide) groups is 1. The van der Waals surface area contributed by atoms with Crippen LogP contribution < -0.4 is 11.1 Å². The van der Waals surface area contributed by atoms with Crippen molar-refractivity contribution in [1.82, 2.24) is 5.32 Å². The van der Waals surface area contributed by atoms with Crippen LogP contribution in [-0.4, -0.2) is 17.9 Å². The molecule has 0 aliphatic heterocycles. The van der Waals surface area contributed by atoms with Crippen LogP contribution in [0, 0.1) is 0 Å². The maximum Gasteiger partial charge on any atom is 0.239 e. The van der Waals surface area contributed by atoms with Crippen molar-refractivity contribution in [3.63, 3.8) is 0 Å². The molecule has 0 radical (unpaired) electrons. The third kappa shape index (κ3) is 4.36. The van der Waals surface area contributed by atoms with Gasteiger partial charge in [0, 0.05) is 4.90 Å². The highest BCUT2D eigenvalue weighted by Crippen LogP contribution is 2.35. The summed E-state index contributed by atoms with van der Waals surface area (Å²) < 4.78 is 0. The van der Waals surface area contributed by atoms with E-state index in [1.165, 1.54) is 11.8 Å². The predicted octanol–water partition coefficient (Wildman–Crippen LogP) is 2.51. The summed E-state index contributed by atoms with van der Waals surface area (Å²) in [6, 6.07) is 18.4. The van der Waals surface area contributed by atoms with Crippen molar-refractivity contribution in [2.45, 2.75) is 23.1 Å². The predicted molar refractivity (Wildman–Crippen MR) is 88.3 cm³/mol. The van der Waals surface area contributed by atoms with Crippen LogP contribution in [0.1, 0.15) is 17.7 Å². The highest BCUT2D eigenvalue weighted by Gasteiger charge is 2.24. The van der Waals surface area contributed by atoms with E-state index in [4.69, 9.17) is 5.73 Å². The molecule has 2 aromatic rings. The second-order valence-corrected chi connectivity index (χ2v) is 6.03. The number of primary amides is 1. The molecule has 4 nitrogen and oxygen atoms in total. The second-order valence-electron chi connectivity index (χ2n) is 4.85. The smallest absolute Gasteiger partial charge is 0.239 e. The van der Waals surface area contributed by atoms with Gasteiger partial charge in [-0.2, -0.15) is 0 Å². The number of carbonyl (C=O) groups is 2. The summed E-state index contributed by atoms with van der Waals surface area (Å²) in [6.07, 6.45) is 0. The van der Waals surface area contributed by atoms with E-state index in [-0.39, 0.29) is 5.91 Å². The van der Waals surface area contributed by atoms with E-state index in [0.717, 1.165) is 10.5 Å². The van der Waals surface area contributed by atoms with Gasteiger partial charge < -0.3 is 11.1 Å². The summed E-state index contributed by atoms with van der Waals surface area (Å²) in [5.74, 6) is -0.781. The van der Waals surface area contributed by atoms with Crippen LogP contribution in [0.4, 0.5) is 0 Å². The Kier molecular flexibility index (Phi) is 5.61. The van der Waals surface area contributed by atoms with Gasteiger partial charge in [-0.3, -0.25) is 9.59 Å². The van der Waals surface area contributed by atoms with Gasteiger partial charge in [0.15, 0.2) is 0 Å². The molecule has 0 spiro atoms. The molecular weight excluding hydrogens is 296 g/mol. The van der Waals surface area contributed by atoms with Gasteiger partial charge in [0.1, 0.15) is 11.3 Å². The number of hydrogen-bond donors (Lipinski definition) is 2. The number of benzene rings is 2. The first-order chi connectivity index (χ1) is 10.6. The fraction of sp³-hybridized carbons (Fsp3) is 0.176. The highest BCUT2D eigenvalue weighted by molar-refractivity contribution is 8.00. The van der Waals surface area contributed by atoms with Crippen LogP contribution in [-0.2, 0) is 9.59 Å². The maximum absolute atomic E-state index is 12.5. The minimum atomic E-state index is -0.699. The highest BCUT2D eigenvalue weighted by atomic mass is 32.2. The van der Waals surface area contributed by atoms with E-state index in [0.29, 0.717) is 0 Å². The number of rotatable bonds is 6. The molecule has 0 saturated carbocycles. The first-order valence-electron chi connectivity index (χ1n) is 6.94. The summed E-state index contributed by atoms with van der Waals surface area (Å²) in [5, 5.41) is 2.22. The third-order valence-corrected chi connectivity index (χ3v) is 4.39. The fourth-order valence-electron chi connectivity index (χ4n) is 1.90. The number of amides is 2. The summed E-state index contributed by atoms with van der Waals surface area (Å²) in [7, 11) is 0. The zero-order chi connectivity index (χ0) is 15.9. The quantitative estimate of drug-likeness (QED) is 0.805. The van der Waals surface area contributed by atoms with Gasteiger partial charge in [-0.25, -0.2) is 0 Å². The fourth-order valence-corrected chi connectivity index (χ4v) is 2.95. The summed E-state index contributed by atoms with van der Waals surface area (Å²) in [6.45, 7) is 1.58. The molecule has 0 bridgehead atoms. The average molecular weight is 314 g/mol. The Balaban J connectivity index is 2.22. The van der Waals surface area contributed by atoms with Crippen molar-refractivity contribution < 1.29 is 9.59 Å². The monoisotopic (exact) mass is 314 g/mol. The Hall–Kier alpha value is -2.27. The van der Waals surface area contributed by atoms with Crippen LogP contribution in [0.25, 0.3) is 0 Å². The van der Waals surface area contributed by atoms with Crippen LogP contribution in [0.5, 0.6) is 0 Å². The molecule has 0 unspecified atom stereocenters. The summed E-state index contributed by atoms with van der Waals surface area (Å²) >= 11 is 1.44. The van der Waals surface area contributed by atoms with Crippen molar-refractivity contribution in [1.29, 1.82) is 0 Å². The molecule has 114 valence electrons. The Morgan fingerprint density at radius 2 is 1.55 bits per heavy atom. The van der Waals surface area contributed by atoms with E-state index in [1.807, 2.05) is 60.7 Å². The second kappa shape index (κ2) is 7.66. The van der Waals surface area contributed by atoms with E-state index in [1.54, 1.807) is 6.92 Å². The lowest BCUT2D eigenvalue weighted by molar-refractivity contribution is -0.126. The SMILES string of the molecule is C[C@H](NC(=O)[C@H](Sc1ccccc1)c1ccccc1)C(N)=O. The van der Waals surface area contributed by atoms with Crippen LogP contribution in [0.2, 0.25) is 0 Å². The molecule has 5 heteroatoms. The zero-order valence-corrected chi connectivity index (χ0v) is 13.0. The van der Waals surface area contributed by atoms with Gasteiger partial charge in [0.05, 0.1) is 0 Å². The first kappa shape index (κ1) is 16.1. The number of hydrogen-bond acceptors (Lipinski definition) is 3. The third-order valence-electron chi connectivity index (χ3n) is 3.12. The van der Waals surface area contributed by atoms with E-state index < -0.39 is 17.2 Å². The van der Waals surface area contributed by atoms with Gasteiger partial charge in [-0.1, -0.05) is 48.5 Å². The molecule has 2 atom stereocenters. The number of carbonyl (C=O) groups excluding carboxylic acids is 2. The van der Waals surface area contributed by atoms with Crippen molar-refractivity contribution in [2.24, 2.45) is 5.73 Å². The molecular formula is C17H18N2O2S. The van der Waals surface area contributed by atoms with Gasteiger partial charge in [-0.15, -0.1) is 11.8 Å². The van der Waals surface area contributed by atoms with Crippen LogP contribution >= 0.6 is 11.8 Å². The average Bonchev–Trinajstić information content (AvgIpc) is 2.54. The molecule has 0 aliphatic rings. The molecule has 0 aliphatic carbocycles. The van der Waals surface area contributed by atoms with E-state index >= 15 is 0 Å². The molecule has 3 N–H and O–H groups in total. The Morgan fingerprint density at radius 3 is 2.09 bits per heavy atom. The maximum atomic E-state index is 12.5. The molecule has 0 aromatic heterocycles. The minimum absolute atomic E-state index is 0.230. The van der Waals surface area contributed by atoms with Crippen molar-refractivity contribution in [3.05, 3.63) is 66.2 Å². The molecule has 22 heavy (non-hydrogen) atoms. The van der Waals surface area contributed by atoms with Crippen molar-refractivity contribution >= 4 is 23.6 Å². The largest absolute Gasteiger partial charge is 0.368 e. The summed E-state index contributed by atoms with van der Waals surface area (Å²) in [4.78, 5) is 24.7. The zero-order valence-electron chi connectivity index (χ0n) is 12.2. The van der Waals surface area contributed by atoms with Crippen LogP contribution in [0.15, 0.2) is 65.6 Å². The number of nitrogens with one attached hydrogen (secondary N) is 1. The standard InChI is InChI=1S/C17H18N2O2S/c1-12(16(18)20)19-17(21)15(13-8-4-2-5-9-13)22-14-10-6-3-7-11-14/h2-12,15H,1H3,(H2,18,20)(H,19,21)/t12-,15+/m0/s1. The normalized spacial score (nSPS) is 13.1. The molecule has 0 fully saturated rings. The van der Waals surface area contributed by atoms with Gasteiger partial charge >= 0.3 is 0 Å². The van der Waals surface area contributed by atoms with Gasteiger partial charge in [0.25, 0.3) is 0 Å². The lowest BCUT2D eigenvalue weighted by Crippen LogP contribution is -2.43. The van der Waals surface area contributed by atoms with E-state index in [9.17, 15) is 9.59 Å². The summed E-state index contributed by atoms with van der Waals surface area (Å²) in [5.41, 5.74) is 6.10. The van der Waals surface area contributed by atoms with Crippen molar-refractivity contribution in [2.75, 3.05) is 0 Å². The van der Waals surface area contributed by atoms with Gasteiger partial charge in [-0.05, 0) is 24.6 Å². The molecule has 0 saturated heterocycles. The molecule has 2 aromatic carbocycles. The number of nitrogens with two attached hydrogens (primary N) is 1. The molecule has 2 rings (SSSR count). The Bertz CT molecular complexity index is 632. The lowest BCUT2D eigenvalue weighted by Gasteiger charge is -2.19. The van der Waals surface area contributed by atoms with Crippen molar-refractivity contribution in [3.8, 4) is 0 Å². The molecule has 0 heterocycles. The van der Waals surface area contributed by atoms with E-state index in [2.05, 4.69) is 5.32 Å². The minimum Gasteiger partial charge on any atom is -0.368 e.